The molecular weight excluding hydrogens is 276 g/mol. The fourth-order valence-electron chi connectivity index (χ4n) is 1.06. The molecule has 0 aromatic heterocycles. The fraction of sp³-hybridized carbons (Fsp3) is 0.250. The number of nitro groups is 1. The van der Waals surface area contributed by atoms with Gasteiger partial charge in [-0.05, 0) is 12.1 Å². The SMILES string of the molecule is O=[N+]([O-])c1cc(Br)ccc1C(O)C(F)F. The van der Waals surface area contributed by atoms with E-state index in [1.165, 1.54) is 6.07 Å². The van der Waals surface area contributed by atoms with Crippen molar-refractivity contribution in [1.82, 2.24) is 0 Å². The van der Waals surface area contributed by atoms with E-state index in [0.29, 0.717) is 4.47 Å². The lowest BCUT2D eigenvalue weighted by atomic mass is 10.1. The third-order valence-electron chi connectivity index (χ3n) is 1.75. The van der Waals surface area contributed by atoms with Gasteiger partial charge in [-0.25, -0.2) is 8.78 Å². The summed E-state index contributed by atoms with van der Waals surface area (Å²) in [6.07, 6.45) is -5.19. The van der Waals surface area contributed by atoms with Crippen molar-refractivity contribution >= 4 is 21.6 Å². The summed E-state index contributed by atoms with van der Waals surface area (Å²) >= 11 is 2.98. The zero-order valence-electron chi connectivity index (χ0n) is 7.23. The predicted octanol–water partition coefficient (Wildman–Crippen LogP) is 2.66. The molecule has 0 aliphatic rings. The molecule has 1 aromatic carbocycles. The highest BCUT2D eigenvalue weighted by Gasteiger charge is 2.27. The minimum Gasteiger partial charge on any atom is -0.382 e. The second-order valence-corrected chi connectivity index (χ2v) is 3.66. The van der Waals surface area contributed by atoms with Crippen molar-refractivity contribution in [2.75, 3.05) is 0 Å². The number of aliphatic hydroxyl groups is 1. The third-order valence-corrected chi connectivity index (χ3v) is 2.24. The third kappa shape index (κ3) is 2.69. The largest absolute Gasteiger partial charge is 0.382 e. The van der Waals surface area contributed by atoms with Gasteiger partial charge < -0.3 is 5.11 Å². The number of aliphatic hydroxyl groups excluding tert-OH is 1. The Bertz CT molecular complexity index is 386. The molecule has 4 nitrogen and oxygen atoms in total. The molecule has 0 spiro atoms. The lowest BCUT2D eigenvalue weighted by Gasteiger charge is -2.09. The molecule has 0 aliphatic heterocycles. The number of hydrogen-bond acceptors (Lipinski definition) is 3. The first-order chi connectivity index (χ1) is 6.93. The predicted molar refractivity (Wildman–Crippen MR) is 51.8 cm³/mol. The molecule has 0 aliphatic carbocycles. The number of rotatable bonds is 3. The van der Waals surface area contributed by atoms with Crippen LogP contribution in [0.1, 0.15) is 11.7 Å². The average Bonchev–Trinajstić information content (AvgIpc) is 2.16. The minimum absolute atomic E-state index is 0.388. The van der Waals surface area contributed by atoms with E-state index in [-0.39, 0.29) is 0 Å². The van der Waals surface area contributed by atoms with E-state index in [1.807, 2.05) is 0 Å². The monoisotopic (exact) mass is 281 g/mol. The van der Waals surface area contributed by atoms with Gasteiger partial charge in [-0.15, -0.1) is 0 Å². The number of hydrogen-bond donors (Lipinski definition) is 1. The van der Waals surface area contributed by atoms with Crippen molar-refractivity contribution in [2.45, 2.75) is 12.5 Å². The summed E-state index contributed by atoms with van der Waals surface area (Å²) in [5, 5.41) is 19.6. The van der Waals surface area contributed by atoms with Gasteiger partial charge >= 0.3 is 0 Å². The maximum Gasteiger partial charge on any atom is 0.276 e. The first kappa shape index (κ1) is 12.0. The highest BCUT2D eigenvalue weighted by atomic mass is 79.9. The summed E-state index contributed by atoms with van der Waals surface area (Å²) in [7, 11) is 0. The quantitative estimate of drug-likeness (QED) is 0.684. The fourth-order valence-corrected chi connectivity index (χ4v) is 1.41. The van der Waals surface area contributed by atoms with Crippen molar-refractivity contribution < 1.29 is 18.8 Å². The van der Waals surface area contributed by atoms with Crippen LogP contribution in [-0.4, -0.2) is 16.5 Å². The molecule has 1 N–H and O–H groups in total. The summed E-state index contributed by atoms with van der Waals surface area (Å²) in [4.78, 5) is 9.72. The number of nitro benzene ring substituents is 1. The summed E-state index contributed by atoms with van der Waals surface area (Å²) in [5.74, 6) is 0. The van der Waals surface area contributed by atoms with Crippen LogP contribution in [0.3, 0.4) is 0 Å². The average molecular weight is 282 g/mol. The number of alkyl halides is 2. The standard InChI is InChI=1S/C8H6BrF2NO3/c9-4-1-2-5(7(13)8(10)11)6(3-4)12(14)15/h1-3,7-8,13H. The first-order valence-electron chi connectivity index (χ1n) is 3.83. The summed E-state index contributed by atoms with van der Waals surface area (Å²) in [5.41, 5.74) is -0.921. The van der Waals surface area contributed by atoms with Crippen LogP contribution >= 0.6 is 15.9 Å². The maximum atomic E-state index is 12.2. The van der Waals surface area contributed by atoms with Gasteiger partial charge in [0.05, 0.1) is 10.5 Å². The van der Waals surface area contributed by atoms with Crippen LogP contribution in [0.15, 0.2) is 22.7 Å². The Kier molecular flexibility index (Phi) is 3.70. The molecule has 1 rings (SSSR count). The van der Waals surface area contributed by atoms with Gasteiger partial charge in [-0.3, -0.25) is 10.1 Å². The normalized spacial score (nSPS) is 12.9. The Morgan fingerprint density at radius 2 is 2.07 bits per heavy atom. The van der Waals surface area contributed by atoms with Gasteiger partial charge in [0.25, 0.3) is 12.1 Å². The molecular formula is C8H6BrF2NO3. The molecule has 0 amide bonds. The highest BCUT2D eigenvalue weighted by Crippen LogP contribution is 2.31. The molecule has 0 radical (unpaired) electrons. The van der Waals surface area contributed by atoms with Crippen LogP contribution in [0, 0.1) is 10.1 Å². The van der Waals surface area contributed by atoms with Crippen LogP contribution in [0.5, 0.6) is 0 Å². The van der Waals surface area contributed by atoms with Gasteiger partial charge in [-0.1, -0.05) is 15.9 Å². The van der Waals surface area contributed by atoms with Crippen LogP contribution in [0.2, 0.25) is 0 Å². The van der Waals surface area contributed by atoms with E-state index < -0.39 is 28.7 Å². The van der Waals surface area contributed by atoms with Crippen molar-refractivity contribution in [1.29, 1.82) is 0 Å². The van der Waals surface area contributed by atoms with Gasteiger partial charge in [0, 0.05) is 10.5 Å². The van der Waals surface area contributed by atoms with E-state index >= 15 is 0 Å². The molecule has 0 fully saturated rings. The minimum atomic E-state index is -3.05. The Morgan fingerprint density at radius 1 is 1.47 bits per heavy atom. The molecule has 1 aromatic rings. The van der Waals surface area contributed by atoms with Gasteiger partial charge in [0.15, 0.2) is 0 Å². The highest BCUT2D eigenvalue weighted by molar-refractivity contribution is 9.10. The number of nitrogens with zero attached hydrogens (tertiary/aromatic N) is 1. The van der Waals surface area contributed by atoms with Crippen molar-refractivity contribution in [3.8, 4) is 0 Å². The first-order valence-corrected chi connectivity index (χ1v) is 4.63. The molecule has 0 saturated heterocycles. The molecule has 0 bridgehead atoms. The second-order valence-electron chi connectivity index (χ2n) is 2.74. The number of halogens is 3. The number of benzene rings is 1. The molecule has 82 valence electrons. The molecule has 1 unspecified atom stereocenters. The van der Waals surface area contributed by atoms with Crippen molar-refractivity contribution in [2.24, 2.45) is 0 Å². The lowest BCUT2D eigenvalue weighted by Crippen LogP contribution is -2.10. The molecule has 1 atom stereocenters. The van der Waals surface area contributed by atoms with Crippen molar-refractivity contribution in [3.05, 3.63) is 38.3 Å². The van der Waals surface area contributed by atoms with E-state index in [2.05, 4.69) is 15.9 Å². The van der Waals surface area contributed by atoms with E-state index in [1.54, 1.807) is 0 Å². The van der Waals surface area contributed by atoms with Crippen LogP contribution in [0.4, 0.5) is 14.5 Å². The summed E-state index contributed by atoms with van der Waals surface area (Å²) in [6.45, 7) is 0. The van der Waals surface area contributed by atoms with E-state index in [0.717, 1.165) is 12.1 Å². The topological polar surface area (TPSA) is 63.4 Å². The zero-order valence-corrected chi connectivity index (χ0v) is 8.82. The van der Waals surface area contributed by atoms with Gasteiger partial charge in [0.1, 0.15) is 6.10 Å². The molecule has 0 saturated carbocycles. The molecule has 15 heavy (non-hydrogen) atoms. The van der Waals surface area contributed by atoms with Crippen LogP contribution < -0.4 is 0 Å². The van der Waals surface area contributed by atoms with Crippen LogP contribution in [0.25, 0.3) is 0 Å². The smallest absolute Gasteiger partial charge is 0.276 e. The van der Waals surface area contributed by atoms with E-state index in [4.69, 9.17) is 5.11 Å². The molecule has 7 heteroatoms. The van der Waals surface area contributed by atoms with Gasteiger partial charge in [-0.2, -0.15) is 0 Å². The Balaban J connectivity index is 3.22. The van der Waals surface area contributed by atoms with E-state index in [9.17, 15) is 18.9 Å². The lowest BCUT2D eigenvalue weighted by molar-refractivity contribution is -0.386. The van der Waals surface area contributed by atoms with Gasteiger partial charge in [0.2, 0.25) is 0 Å². The maximum absolute atomic E-state index is 12.2. The Hall–Kier alpha value is -1.08. The zero-order chi connectivity index (χ0) is 11.6. The Labute approximate surface area is 91.8 Å². The Morgan fingerprint density at radius 3 is 2.53 bits per heavy atom. The summed E-state index contributed by atoms with van der Waals surface area (Å²) < 4.78 is 24.7. The van der Waals surface area contributed by atoms with Crippen LogP contribution in [-0.2, 0) is 0 Å². The van der Waals surface area contributed by atoms with Crippen molar-refractivity contribution in [3.63, 3.8) is 0 Å². The summed E-state index contributed by atoms with van der Waals surface area (Å²) in [6, 6.07) is 3.52. The molecule has 0 heterocycles. The second kappa shape index (κ2) is 4.63.